The zero-order valence-electron chi connectivity index (χ0n) is 26.6. The van der Waals surface area contributed by atoms with Gasteiger partial charge in [0.05, 0.1) is 36.5 Å². The molecule has 0 saturated carbocycles. The third-order valence-corrected chi connectivity index (χ3v) is 10.8. The number of sulfonamides is 2. The smallest absolute Gasteiger partial charge is 0.265 e. The van der Waals surface area contributed by atoms with E-state index in [1.807, 2.05) is 6.07 Å². The molecule has 4 N–H and O–H groups in total. The Bertz CT molecular complexity index is 2790. The lowest BCUT2D eigenvalue weighted by Gasteiger charge is -2.12. The van der Waals surface area contributed by atoms with Crippen molar-refractivity contribution < 1.29 is 35.1 Å². The van der Waals surface area contributed by atoms with Crippen LogP contribution >= 0.6 is 23.2 Å². The minimum absolute atomic E-state index is 0.0222. The van der Waals surface area contributed by atoms with E-state index in [1.165, 1.54) is 26.6 Å². The number of nitrogens with zero attached hydrogens (tertiary/aromatic N) is 3. The van der Waals surface area contributed by atoms with Crippen molar-refractivity contribution in [1.82, 2.24) is 19.9 Å². The van der Waals surface area contributed by atoms with Gasteiger partial charge in [-0.1, -0.05) is 41.4 Å². The number of pyridine rings is 2. The number of hydrogen-bond acceptors (Lipinski definition) is 9. The van der Waals surface area contributed by atoms with Crippen LogP contribution in [0.5, 0.6) is 11.6 Å². The first kappa shape index (κ1) is 36.1. The van der Waals surface area contributed by atoms with E-state index in [0.717, 1.165) is 23.6 Å². The fourth-order valence-electron chi connectivity index (χ4n) is 5.16. The predicted octanol–water partition coefficient (Wildman–Crippen LogP) is 7.35. The largest absolute Gasteiger partial charge is 0.495 e. The molecule has 0 aliphatic carbocycles. The van der Waals surface area contributed by atoms with E-state index >= 15 is 0 Å². The van der Waals surface area contributed by atoms with Crippen LogP contribution in [0.15, 0.2) is 89.0 Å². The molecule has 13 nitrogen and oxygen atoms in total. The highest BCUT2D eigenvalue weighted by Crippen LogP contribution is 2.33. The van der Waals surface area contributed by atoms with Crippen molar-refractivity contribution in [2.24, 2.45) is 0 Å². The number of ether oxygens (including phenoxy) is 2. The number of hydrogen-bond donors (Lipinski definition) is 4. The molecule has 0 aliphatic heterocycles. The number of halogens is 4. The van der Waals surface area contributed by atoms with Gasteiger partial charge in [-0.2, -0.15) is 10.2 Å². The van der Waals surface area contributed by atoms with Gasteiger partial charge in [-0.05, 0) is 24.3 Å². The maximum absolute atomic E-state index is 14.1. The highest BCUT2D eigenvalue weighted by molar-refractivity contribution is 7.93. The Kier molecular flexibility index (Phi) is 9.84. The van der Waals surface area contributed by atoms with Crippen LogP contribution in [0, 0.1) is 23.0 Å². The fourth-order valence-corrected chi connectivity index (χ4v) is 7.97. The molecular weight excluding hydrogens is 763 g/mol. The number of aromatic amines is 2. The van der Waals surface area contributed by atoms with Gasteiger partial charge in [0.1, 0.15) is 32.4 Å². The molecular formula is C33H23Cl2F2N7O6S2. The Morgan fingerprint density at radius 2 is 1.56 bits per heavy atom. The first-order valence-corrected chi connectivity index (χ1v) is 18.3. The Morgan fingerprint density at radius 3 is 2.29 bits per heavy atom. The Morgan fingerprint density at radius 1 is 0.846 bits per heavy atom. The number of rotatable bonds is 8. The summed E-state index contributed by atoms with van der Waals surface area (Å²) in [5.74, 6) is -2.35. The first-order chi connectivity index (χ1) is 24.8. The molecule has 0 spiro atoms. The molecule has 4 aromatic heterocycles. The molecule has 7 aromatic rings. The SMILES string of the molecule is COc1cc(C#N)c(F)cc1NS(=O)(=O)c1c[nH]c2cc(Cl)ccc12.COc1nc(NS(=O)(=O)c2c[nH]c3c2ccc2cccnc23)c(F)cc1Cl. The van der Waals surface area contributed by atoms with Gasteiger partial charge in [-0.15, -0.1) is 0 Å². The van der Waals surface area contributed by atoms with Crippen LogP contribution in [0.4, 0.5) is 20.3 Å². The summed E-state index contributed by atoms with van der Waals surface area (Å²) in [5.41, 5.74) is 1.39. The lowest BCUT2D eigenvalue weighted by molar-refractivity contribution is 0.397. The van der Waals surface area contributed by atoms with Crippen LogP contribution in [0.3, 0.4) is 0 Å². The molecule has 7 rings (SSSR count). The molecule has 266 valence electrons. The van der Waals surface area contributed by atoms with E-state index in [1.54, 1.807) is 48.7 Å². The van der Waals surface area contributed by atoms with Gasteiger partial charge in [0, 0.05) is 63.5 Å². The van der Waals surface area contributed by atoms with E-state index in [0.29, 0.717) is 32.3 Å². The number of methoxy groups -OCH3 is 2. The van der Waals surface area contributed by atoms with Crippen molar-refractivity contribution in [3.05, 3.63) is 106 Å². The summed E-state index contributed by atoms with van der Waals surface area (Å²) < 4.78 is 93.3. The molecule has 0 fully saturated rings. The Hall–Kier alpha value is -5.67. The van der Waals surface area contributed by atoms with Crippen LogP contribution in [0.25, 0.3) is 32.7 Å². The van der Waals surface area contributed by atoms with Crippen molar-refractivity contribution >= 4 is 87.5 Å². The molecule has 19 heteroatoms. The first-order valence-electron chi connectivity index (χ1n) is 14.6. The summed E-state index contributed by atoms with van der Waals surface area (Å²) in [7, 11) is -5.58. The standard InChI is InChI=1S/C17H12ClFN4O3S.C16H11ClFN3O3S/c1-26-17-11(18)7-12(19)16(22-17)23-27(24,25)13-8-21-15-10(13)5-4-9-3-2-6-20-14(9)15;1-24-15-4-9(7-19)12(18)6-14(15)21-25(22,23)16-8-20-13-5-10(17)2-3-11(13)16/h2-8,21H,1H3,(H,22,23);2-6,8,20-21H,1H3. The van der Waals surface area contributed by atoms with Crippen molar-refractivity contribution in [1.29, 1.82) is 5.26 Å². The monoisotopic (exact) mass is 785 g/mol. The average molecular weight is 787 g/mol. The van der Waals surface area contributed by atoms with Gasteiger partial charge >= 0.3 is 0 Å². The molecule has 0 saturated heterocycles. The lowest BCUT2D eigenvalue weighted by atomic mass is 10.1. The molecule has 0 unspecified atom stereocenters. The van der Waals surface area contributed by atoms with Crippen LogP contribution in [-0.2, 0) is 20.0 Å². The molecule has 0 atom stereocenters. The number of benzene rings is 3. The van der Waals surface area contributed by atoms with E-state index in [2.05, 4.69) is 29.4 Å². The van der Waals surface area contributed by atoms with Crippen LogP contribution < -0.4 is 18.9 Å². The zero-order chi connectivity index (χ0) is 37.4. The van der Waals surface area contributed by atoms with Gasteiger partial charge in [-0.25, -0.2) is 25.6 Å². The third kappa shape index (κ3) is 6.96. The number of fused-ring (bicyclic) bond motifs is 4. The third-order valence-electron chi connectivity index (χ3n) is 7.55. The van der Waals surface area contributed by atoms with Crippen molar-refractivity contribution in [3.8, 4) is 17.7 Å². The fraction of sp³-hybridized carbons (Fsp3) is 0.0606. The lowest BCUT2D eigenvalue weighted by Crippen LogP contribution is -2.15. The predicted molar refractivity (Wildman–Crippen MR) is 192 cm³/mol. The molecule has 52 heavy (non-hydrogen) atoms. The normalized spacial score (nSPS) is 11.6. The van der Waals surface area contributed by atoms with Crippen molar-refractivity contribution in [3.63, 3.8) is 0 Å². The van der Waals surface area contributed by atoms with Crippen LogP contribution in [0.1, 0.15) is 5.56 Å². The minimum Gasteiger partial charge on any atom is -0.495 e. The van der Waals surface area contributed by atoms with Gasteiger partial charge in [0.25, 0.3) is 20.0 Å². The number of aromatic nitrogens is 4. The van der Waals surface area contributed by atoms with Crippen LogP contribution in [-0.4, -0.2) is 51.0 Å². The van der Waals surface area contributed by atoms with Crippen molar-refractivity contribution in [2.45, 2.75) is 9.79 Å². The maximum atomic E-state index is 14.1. The van der Waals surface area contributed by atoms with Crippen molar-refractivity contribution in [2.75, 3.05) is 23.7 Å². The summed E-state index contributed by atoms with van der Waals surface area (Å²) in [4.78, 5) is 13.7. The second kappa shape index (κ2) is 14.2. The summed E-state index contributed by atoms with van der Waals surface area (Å²) in [6.45, 7) is 0. The molecule has 0 radical (unpaired) electrons. The number of anilines is 2. The van der Waals surface area contributed by atoms with Gasteiger partial charge in [-0.3, -0.25) is 14.4 Å². The molecule has 0 bridgehead atoms. The van der Waals surface area contributed by atoms with Gasteiger partial charge in [0.15, 0.2) is 11.6 Å². The number of nitriles is 1. The van der Waals surface area contributed by atoms with E-state index in [4.69, 9.17) is 37.9 Å². The topological polar surface area (TPSA) is 192 Å². The highest BCUT2D eigenvalue weighted by Gasteiger charge is 2.24. The summed E-state index contributed by atoms with van der Waals surface area (Å²) in [6, 6.07) is 16.4. The van der Waals surface area contributed by atoms with E-state index in [9.17, 15) is 25.6 Å². The van der Waals surface area contributed by atoms with E-state index < -0.39 is 37.5 Å². The maximum Gasteiger partial charge on any atom is 0.265 e. The van der Waals surface area contributed by atoms with E-state index in [-0.39, 0.29) is 37.7 Å². The average Bonchev–Trinajstić information content (AvgIpc) is 3.75. The second-order valence-electron chi connectivity index (χ2n) is 10.7. The van der Waals surface area contributed by atoms with Gasteiger partial charge in [0.2, 0.25) is 5.88 Å². The quantitative estimate of drug-likeness (QED) is 0.122. The zero-order valence-corrected chi connectivity index (χ0v) is 29.8. The minimum atomic E-state index is -4.14. The molecule has 4 heterocycles. The summed E-state index contributed by atoms with van der Waals surface area (Å²) in [6.07, 6.45) is 4.26. The summed E-state index contributed by atoms with van der Waals surface area (Å²) in [5, 5.41) is 11.0. The molecule has 0 amide bonds. The Labute approximate surface area is 304 Å². The molecule has 0 aliphatic rings. The number of nitrogens with one attached hydrogen (secondary N) is 4. The highest BCUT2D eigenvalue weighted by atomic mass is 35.5. The van der Waals surface area contributed by atoms with Gasteiger partial charge < -0.3 is 19.4 Å². The molecule has 3 aromatic carbocycles. The number of H-pyrrole nitrogens is 2. The second-order valence-corrected chi connectivity index (χ2v) is 14.9. The van der Waals surface area contributed by atoms with Crippen LogP contribution in [0.2, 0.25) is 10.0 Å². The summed E-state index contributed by atoms with van der Waals surface area (Å²) >= 11 is 11.7. The Balaban J connectivity index is 0.000000179.